The molecule has 0 saturated carbocycles. The summed E-state index contributed by atoms with van der Waals surface area (Å²) < 4.78 is 6.63. The molecule has 0 aromatic heterocycles. The molecule has 0 heterocycles. The van der Waals surface area contributed by atoms with E-state index in [2.05, 4.69) is 15.9 Å². The molecule has 0 aliphatic carbocycles. The Bertz CT molecular complexity index is 342. The van der Waals surface area contributed by atoms with E-state index in [0.717, 1.165) is 15.8 Å². The first-order valence-electron chi connectivity index (χ1n) is 5.33. The molecule has 0 spiro atoms. The molecule has 1 aromatic rings. The highest BCUT2D eigenvalue weighted by Crippen LogP contribution is 2.27. The maximum atomic E-state index is 8.92. The molecule has 0 amide bonds. The van der Waals surface area contributed by atoms with Crippen molar-refractivity contribution in [1.82, 2.24) is 0 Å². The van der Waals surface area contributed by atoms with Gasteiger partial charge in [-0.2, -0.15) is 0 Å². The molecule has 0 saturated heterocycles. The zero-order valence-electron chi connectivity index (χ0n) is 9.61. The summed E-state index contributed by atoms with van der Waals surface area (Å²) >= 11 is 3.41. The minimum absolute atomic E-state index is 0.0723. The normalized spacial score (nSPS) is 14.6. The summed E-state index contributed by atoms with van der Waals surface area (Å²) in [6.45, 7) is 4.48. The van der Waals surface area contributed by atoms with Crippen LogP contribution in [-0.4, -0.2) is 18.3 Å². The van der Waals surface area contributed by atoms with Crippen molar-refractivity contribution < 1.29 is 9.84 Å². The van der Waals surface area contributed by atoms with Gasteiger partial charge in [-0.1, -0.05) is 22.9 Å². The van der Waals surface area contributed by atoms with Crippen LogP contribution in [-0.2, 0) is 0 Å². The summed E-state index contributed by atoms with van der Waals surface area (Å²) in [5, 5.41) is 8.92. The van der Waals surface area contributed by atoms with Crippen molar-refractivity contribution in [2.45, 2.75) is 19.9 Å². The maximum absolute atomic E-state index is 8.92. The third kappa shape index (κ3) is 3.77. The molecule has 4 heteroatoms. The molecule has 0 fully saturated rings. The minimum atomic E-state index is -0.0723. The van der Waals surface area contributed by atoms with E-state index < -0.39 is 0 Å². The van der Waals surface area contributed by atoms with Crippen molar-refractivity contribution in [2.75, 3.05) is 13.2 Å². The van der Waals surface area contributed by atoms with Crippen molar-refractivity contribution in [3.05, 3.63) is 28.2 Å². The van der Waals surface area contributed by atoms with Gasteiger partial charge in [-0.05, 0) is 25.1 Å². The first-order valence-corrected chi connectivity index (χ1v) is 6.12. The van der Waals surface area contributed by atoms with Crippen molar-refractivity contribution in [3.63, 3.8) is 0 Å². The first-order chi connectivity index (χ1) is 7.54. The zero-order valence-corrected chi connectivity index (χ0v) is 11.2. The molecule has 16 heavy (non-hydrogen) atoms. The van der Waals surface area contributed by atoms with Gasteiger partial charge in [0.2, 0.25) is 0 Å². The predicted molar refractivity (Wildman–Crippen MR) is 68.5 cm³/mol. The monoisotopic (exact) mass is 287 g/mol. The minimum Gasteiger partial charge on any atom is -0.493 e. The standard InChI is InChI=1S/C12H18BrNO2/c1-8(6-15)7-16-12-4-3-10(13)5-11(12)9(2)14/h3-5,8-9,15H,6-7,14H2,1-2H3/t8?,9-/m1/s1. The van der Waals surface area contributed by atoms with Crippen LogP contribution in [0.2, 0.25) is 0 Å². The lowest BCUT2D eigenvalue weighted by atomic mass is 10.1. The van der Waals surface area contributed by atoms with Crippen molar-refractivity contribution >= 4 is 15.9 Å². The smallest absolute Gasteiger partial charge is 0.124 e. The number of ether oxygens (including phenoxy) is 1. The number of aliphatic hydroxyl groups is 1. The molecule has 3 nitrogen and oxygen atoms in total. The van der Waals surface area contributed by atoms with Gasteiger partial charge in [-0.3, -0.25) is 0 Å². The second-order valence-corrected chi connectivity index (χ2v) is 4.99. The Labute approximate surface area is 105 Å². The van der Waals surface area contributed by atoms with Crippen LogP contribution in [0.5, 0.6) is 5.75 Å². The van der Waals surface area contributed by atoms with Crippen LogP contribution in [0.15, 0.2) is 22.7 Å². The molecular weight excluding hydrogens is 270 g/mol. The van der Waals surface area contributed by atoms with Crippen LogP contribution >= 0.6 is 15.9 Å². The molecule has 1 aromatic carbocycles. The number of benzene rings is 1. The number of nitrogens with two attached hydrogens (primary N) is 1. The lowest BCUT2D eigenvalue weighted by molar-refractivity contribution is 0.173. The lowest BCUT2D eigenvalue weighted by Crippen LogP contribution is -2.14. The van der Waals surface area contributed by atoms with Crippen molar-refractivity contribution in [2.24, 2.45) is 11.7 Å². The number of halogens is 1. The van der Waals surface area contributed by atoms with E-state index in [9.17, 15) is 0 Å². The molecule has 0 aliphatic heterocycles. The number of aliphatic hydroxyl groups excluding tert-OH is 1. The van der Waals surface area contributed by atoms with Gasteiger partial charge in [-0.25, -0.2) is 0 Å². The van der Waals surface area contributed by atoms with Gasteiger partial charge in [0.05, 0.1) is 6.61 Å². The highest BCUT2D eigenvalue weighted by molar-refractivity contribution is 9.10. The van der Waals surface area contributed by atoms with E-state index in [4.69, 9.17) is 15.6 Å². The Morgan fingerprint density at radius 3 is 2.69 bits per heavy atom. The predicted octanol–water partition coefficient (Wildman–Crippen LogP) is 2.48. The van der Waals surface area contributed by atoms with E-state index in [0.29, 0.717) is 6.61 Å². The Kier molecular flexibility index (Phi) is 5.25. The average molecular weight is 288 g/mol. The Morgan fingerprint density at radius 1 is 1.44 bits per heavy atom. The van der Waals surface area contributed by atoms with E-state index in [1.165, 1.54) is 0 Å². The number of hydrogen-bond acceptors (Lipinski definition) is 3. The molecule has 90 valence electrons. The molecule has 0 bridgehead atoms. The summed E-state index contributed by atoms with van der Waals surface area (Å²) in [6, 6.07) is 5.71. The van der Waals surface area contributed by atoms with Crippen molar-refractivity contribution in [1.29, 1.82) is 0 Å². The van der Waals surface area contributed by atoms with Gasteiger partial charge in [0, 0.05) is 28.6 Å². The van der Waals surface area contributed by atoms with Gasteiger partial charge in [0.1, 0.15) is 5.75 Å². The molecule has 0 aliphatic rings. The number of hydrogen-bond donors (Lipinski definition) is 2. The fraction of sp³-hybridized carbons (Fsp3) is 0.500. The molecule has 3 N–H and O–H groups in total. The summed E-state index contributed by atoms with van der Waals surface area (Å²) in [6.07, 6.45) is 0. The fourth-order valence-electron chi connectivity index (χ4n) is 1.29. The van der Waals surface area contributed by atoms with Crippen molar-refractivity contribution in [3.8, 4) is 5.75 Å². The number of rotatable bonds is 5. The quantitative estimate of drug-likeness (QED) is 0.875. The zero-order chi connectivity index (χ0) is 12.1. The van der Waals surface area contributed by atoms with Gasteiger partial charge in [0.15, 0.2) is 0 Å². The maximum Gasteiger partial charge on any atom is 0.124 e. The molecular formula is C12H18BrNO2. The van der Waals surface area contributed by atoms with Gasteiger partial charge in [-0.15, -0.1) is 0 Å². The van der Waals surface area contributed by atoms with Gasteiger partial charge >= 0.3 is 0 Å². The molecule has 0 radical (unpaired) electrons. The summed E-state index contributed by atoms with van der Waals surface area (Å²) in [5.74, 6) is 0.920. The highest BCUT2D eigenvalue weighted by Gasteiger charge is 2.10. The summed E-state index contributed by atoms with van der Waals surface area (Å²) in [7, 11) is 0. The fourth-order valence-corrected chi connectivity index (χ4v) is 1.67. The van der Waals surface area contributed by atoms with Gasteiger partial charge in [0.25, 0.3) is 0 Å². The largest absolute Gasteiger partial charge is 0.493 e. The molecule has 1 unspecified atom stereocenters. The first kappa shape index (κ1) is 13.5. The Hall–Kier alpha value is -0.580. The second kappa shape index (κ2) is 6.23. The van der Waals surface area contributed by atoms with E-state index in [-0.39, 0.29) is 18.6 Å². The SMILES string of the molecule is CC(CO)COc1ccc(Br)cc1[C@@H](C)N. The average Bonchev–Trinajstić information content (AvgIpc) is 2.26. The van der Waals surface area contributed by atoms with Crippen LogP contribution in [0.25, 0.3) is 0 Å². The third-order valence-corrected chi connectivity index (χ3v) is 2.79. The Morgan fingerprint density at radius 2 is 2.12 bits per heavy atom. The van der Waals surface area contributed by atoms with Gasteiger partial charge < -0.3 is 15.6 Å². The second-order valence-electron chi connectivity index (χ2n) is 4.07. The van der Waals surface area contributed by atoms with Crippen LogP contribution in [0.4, 0.5) is 0 Å². The Balaban J connectivity index is 2.78. The highest BCUT2D eigenvalue weighted by atomic mass is 79.9. The topological polar surface area (TPSA) is 55.5 Å². The molecule has 2 atom stereocenters. The van der Waals surface area contributed by atoms with E-state index >= 15 is 0 Å². The summed E-state index contributed by atoms with van der Waals surface area (Å²) in [5.41, 5.74) is 6.84. The molecule has 1 rings (SSSR count). The van der Waals surface area contributed by atoms with E-state index in [1.807, 2.05) is 32.0 Å². The van der Waals surface area contributed by atoms with Crippen LogP contribution in [0.3, 0.4) is 0 Å². The third-order valence-electron chi connectivity index (χ3n) is 2.30. The van der Waals surface area contributed by atoms with Crippen LogP contribution < -0.4 is 10.5 Å². The van der Waals surface area contributed by atoms with Crippen LogP contribution in [0.1, 0.15) is 25.5 Å². The summed E-state index contributed by atoms with van der Waals surface area (Å²) in [4.78, 5) is 0. The van der Waals surface area contributed by atoms with Crippen LogP contribution in [0, 0.1) is 5.92 Å². The lowest BCUT2D eigenvalue weighted by Gasteiger charge is -2.16. The van der Waals surface area contributed by atoms with E-state index in [1.54, 1.807) is 0 Å².